The fourth-order valence-corrected chi connectivity index (χ4v) is 5.27. The number of aromatic nitrogens is 4. The van der Waals surface area contributed by atoms with E-state index < -0.39 is 17.8 Å². The van der Waals surface area contributed by atoms with Crippen LogP contribution in [0.5, 0.6) is 0 Å². The Kier molecular flexibility index (Phi) is 7.60. The molecule has 3 heterocycles. The van der Waals surface area contributed by atoms with Crippen LogP contribution >= 0.6 is 27.3 Å². The van der Waals surface area contributed by atoms with E-state index in [1.807, 2.05) is 18.2 Å². The van der Waals surface area contributed by atoms with E-state index in [4.69, 9.17) is 0 Å². The summed E-state index contributed by atoms with van der Waals surface area (Å²) in [5, 5.41) is 12.7. The van der Waals surface area contributed by atoms with Crippen LogP contribution in [0.25, 0.3) is 10.9 Å². The van der Waals surface area contributed by atoms with Gasteiger partial charge in [-0.1, -0.05) is 34.2 Å². The monoisotopic (exact) mass is 630 g/mol. The van der Waals surface area contributed by atoms with Crippen LogP contribution in [0.1, 0.15) is 33.9 Å². The molecule has 1 aromatic carbocycles. The number of thiazole rings is 1. The maximum Gasteiger partial charge on any atom is 0.433 e. The highest BCUT2D eigenvalue weighted by atomic mass is 79.9. The van der Waals surface area contributed by atoms with E-state index >= 15 is 0 Å². The van der Waals surface area contributed by atoms with Crippen LogP contribution in [-0.2, 0) is 17.5 Å². The summed E-state index contributed by atoms with van der Waals surface area (Å²) in [6.07, 6.45) is 3.08. The predicted molar refractivity (Wildman–Crippen MR) is 150 cm³/mol. The number of allylic oxidation sites excluding steroid dienone is 3. The van der Waals surface area contributed by atoms with Gasteiger partial charge in [0, 0.05) is 21.4 Å². The van der Waals surface area contributed by atoms with Gasteiger partial charge in [-0.2, -0.15) is 18.3 Å². The van der Waals surface area contributed by atoms with E-state index in [1.165, 1.54) is 17.4 Å². The van der Waals surface area contributed by atoms with Crippen LogP contribution in [0.3, 0.4) is 0 Å². The highest BCUT2D eigenvalue weighted by Crippen LogP contribution is 2.33. The molecule has 0 radical (unpaired) electrons. The zero-order valence-corrected chi connectivity index (χ0v) is 23.6. The number of hydrogen-bond donors (Lipinski definition) is 2. The number of anilines is 2. The summed E-state index contributed by atoms with van der Waals surface area (Å²) in [5.41, 5.74) is 1.27. The van der Waals surface area contributed by atoms with Crippen molar-refractivity contribution in [3.8, 4) is 0 Å². The molecule has 1 aliphatic rings. The van der Waals surface area contributed by atoms with Gasteiger partial charge < -0.3 is 10.6 Å². The van der Waals surface area contributed by atoms with Crippen LogP contribution in [0, 0.1) is 19.8 Å². The van der Waals surface area contributed by atoms with Gasteiger partial charge in [0.25, 0.3) is 5.91 Å². The van der Waals surface area contributed by atoms with Crippen LogP contribution in [-0.4, -0.2) is 31.6 Å². The molecule has 0 fully saturated rings. The number of amides is 2. The summed E-state index contributed by atoms with van der Waals surface area (Å²) in [5.74, 6) is -1.16. The number of carbonyl (C=O) groups is 2. The summed E-state index contributed by atoms with van der Waals surface area (Å²) in [6.45, 7) is 3.88. The number of rotatable bonds is 6. The van der Waals surface area contributed by atoms with Gasteiger partial charge in [-0.15, -0.1) is 11.3 Å². The molecule has 0 spiro atoms. The van der Waals surface area contributed by atoms with E-state index in [-0.39, 0.29) is 28.3 Å². The fraction of sp³-hybridized carbons (Fsp3) is 0.222. The first-order chi connectivity index (χ1) is 19.0. The minimum atomic E-state index is -4.71. The largest absolute Gasteiger partial charge is 0.433 e. The third-order valence-corrected chi connectivity index (χ3v) is 7.62. The molecular weight excluding hydrogens is 609 g/mol. The van der Waals surface area contributed by atoms with Crippen molar-refractivity contribution < 1.29 is 22.8 Å². The highest BCUT2D eigenvalue weighted by Gasteiger charge is 2.34. The Morgan fingerprint density at radius 1 is 1.20 bits per heavy atom. The number of pyridine rings is 1. The van der Waals surface area contributed by atoms with Crippen molar-refractivity contribution in [2.75, 3.05) is 10.6 Å². The van der Waals surface area contributed by atoms with Gasteiger partial charge in [0.05, 0.1) is 40.6 Å². The van der Waals surface area contributed by atoms with Crippen molar-refractivity contribution >= 4 is 60.8 Å². The molecule has 13 heteroatoms. The molecule has 0 saturated carbocycles. The molecule has 2 N–H and O–H groups in total. The molecule has 4 aromatic rings. The average Bonchev–Trinajstić information content (AvgIpc) is 3.51. The SMILES string of the molecule is Cc1nn(CC2=CCC(C(=O)Nc3nccs3)C=C2)c(C)c1NC(=O)c1cc(C(F)(F)F)nc2ccc(Br)cc12. The molecule has 0 saturated heterocycles. The summed E-state index contributed by atoms with van der Waals surface area (Å²) in [7, 11) is 0. The minimum Gasteiger partial charge on any atom is -0.319 e. The van der Waals surface area contributed by atoms with Gasteiger partial charge in [-0.25, -0.2) is 9.97 Å². The maximum absolute atomic E-state index is 13.5. The molecule has 1 atom stereocenters. The minimum absolute atomic E-state index is 0.0574. The molecule has 206 valence electrons. The second-order valence-electron chi connectivity index (χ2n) is 9.18. The van der Waals surface area contributed by atoms with Crippen molar-refractivity contribution in [2.45, 2.75) is 33.0 Å². The van der Waals surface area contributed by atoms with Crippen molar-refractivity contribution in [1.82, 2.24) is 19.7 Å². The first-order valence-corrected chi connectivity index (χ1v) is 13.8. The number of aryl methyl sites for hydroxylation is 1. The van der Waals surface area contributed by atoms with Crippen molar-refractivity contribution in [1.29, 1.82) is 0 Å². The number of benzene rings is 1. The van der Waals surface area contributed by atoms with Gasteiger partial charge in [-0.3, -0.25) is 14.3 Å². The zero-order chi connectivity index (χ0) is 28.6. The molecule has 0 aliphatic heterocycles. The third kappa shape index (κ3) is 5.85. The molecule has 1 unspecified atom stereocenters. The Morgan fingerprint density at radius 2 is 2.00 bits per heavy atom. The van der Waals surface area contributed by atoms with Crippen molar-refractivity contribution in [2.24, 2.45) is 5.92 Å². The number of hydrogen-bond acceptors (Lipinski definition) is 6. The lowest BCUT2D eigenvalue weighted by Gasteiger charge is -2.16. The Bertz CT molecular complexity index is 1680. The Hall–Kier alpha value is -3.84. The van der Waals surface area contributed by atoms with E-state index in [9.17, 15) is 22.8 Å². The molecular formula is C27H22BrF3N6O2S. The van der Waals surface area contributed by atoms with E-state index in [2.05, 4.69) is 41.6 Å². The first kappa shape index (κ1) is 27.7. The van der Waals surface area contributed by atoms with Gasteiger partial charge in [-0.05, 0) is 50.1 Å². The van der Waals surface area contributed by atoms with Crippen molar-refractivity contribution in [3.63, 3.8) is 0 Å². The Labute approximate surface area is 239 Å². The second kappa shape index (κ2) is 11.0. The Balaban J connectivity index is 1.33. The predicted octanol–water partition coefficient (Wildman–Crippen LogP) is 6.68. The first-order valence-electron chi connectivity index (χ1n) is 12.1. The molecule has 40 heavy (non-hydrogen) atoms. The van der Waals surface area contributed by atoms with Crippen LogP contribution in [0.2, 0.25) is 0 Å². The number of nitrogens with one attached hydrogen (secondary N) is 2. The summed E-state index contributed by atoms with van der Waals surface area (Å²) < 4.78 is 42.9. The van der Waals surface area contributed by atoms with E-state index in [0.29, 0.717) is 39.6 Å². The quantitative estimate of drug-likeness (QED) is 0.247. The molecule has 0 bridgehead atoms. The standard InChI is InChI=1S/C27H22BrF3N6O2S/c1-14-23(34-25(39)20-12-22(27(29,30)31)33-21-8-7-18(28)11-19(20)21)15(2)37(36-14)13-16-3-5-17(6-4-16)24(38)35-26-32-9-10-40-26/h3-5,7-12,17H,6,13H2,1-2H3,(H,34,39)(H,32,35,38). The number of carbonyl (C=O) groups excluding carboxylic acids is 2. The lowest BCUT2D eigenvalue weighted by atomic mass is 9.96. The lowest BCUT2D eigenvalue weighted by molar-refractivity contribution is -0.141. The fourth-order valence-electron chi connectivity index (χ4n) is 4.38. The summed E-state index contributed by atoms with van der Waals surface area (Å²) in [4.78, 5) is 33.5. The molecule has 1 aliphatic carbocycles. The third-order valence-electron chi connectivity index (χ3n) is 6.43. The molecule has 5 rings (SSSR count). The van der Waals surface area contributed by atoms with Gasteiger partial charge in [0.2, 0.25) is 5.91 Å². The Morgan fingerprint density at radius 3 is 2.67 bits per heavy atom. The number of alkyl halides is 3. The maximum atomic E-state index is 13.5. The lowest BCUT2D eigenvalue weighted by Crippen LogP contribution is -2.22. The van der Waals surface area contributed by atoms with Crippen LogP contribution in [0.15, 0.2) is 64.1 Å². The topological polar surface area (TPSA) is 102 Å². The second-order valence-corrected chi connectivity index (χ2v) is 11.0. The highest BCUT2D eigenvalue weighted by molar-refractivity contribution is 9.10. The van der Waals surface area contributed by atoms with Crippen LogP contribution < -0.4 is 10.6 Å². The number of fused-ring (bicyclic) bond motifs is 1. The smallest absolute Gasteiger partial charge is 0.319 e. The molecule has 8 nitrogen and oxygen atoms in total. The van der Waals surface area contributed by atoms with Gasteiger partial charge in [0.15, 0.2) is 5.13 Å². The number of nitrogens with zero attached hydrogens (tertiary/aromatic N) is 4. The van der Waals surface area contributed by atoms with Gasteiger partial charge in [0.1, 0.15) is 5.69 Å². The normalized spacial score (nSPS) is 15.2. The van der Waals surface area contributed by atoms with E-state index in [1.54, 1.807) is 42.2 Å². The molecule has 2 amide bonds. The summed E-state index contributed by atoms with van der Waals surface area (Å²) >= 11 is 4.66. The number of halogens is 4. The zero-order valence-electron chi connectivity index (χ0n) is 21.2. The van der Waals surface area contributed by atoms with E-state index in [0.717, 1.165) is 11.6 Å². The van der Waals surface area contributed by atoms with Crippen molar-refractivity contribution in [3.05, 3.63) is 86.8 Å². The average molecular weight is 631 g/mol. The molecule has 3 aromatic heterocycles. The summed E-state index contributed by atoms with van der Waals surface area (Å²) in [6, 6.07) is 5.32. The van der Waals surface area contributed by atoms with Gasteiger partial charge >= 0.3 is 6.18 Å². The van der Waals surface area contributed by atoms with Crippen LogP contribution in [0.4, 0.5) is 24.0 Å².